The summed E-state index contributed by atoms with van der Waals surface area (Å²) in [6.07, 6.45) is 0.649. The average molecular weight is 403 g/mol. The van der Waals surface area contributed by atoms with E-state index in [0.29, 0.717) is 18.5 Å². The van der Waals surface area contributed by atoms with Crippen LogP contribution in [0.15, 0.2) is 30.3 Å². The van der Waals surface area contributed by atoms with Crippen molar-refractivity contribution in [3.63, 3.8) is 0 Å². The highest BCUT2D eigenvalue weighted by Gasteiger charge is 2.41. The number of ether oxygens (including phenoxy) is 1. The van der Waals surface area contributed by atoms with Gasteiger partial charge in [-0.3, -0.25) is 14.4 Å². The summed E-state index contributed by atoms with van der Waals surface area (Å²) in [6.45, 7) is 7.12. The molecule has 0 radical (unpaired) electrons. The summed E-state index contributed by atoms with van der Waals surface area (Å²) in [5.41, 5.74) is -0.0462. The van der Waals surface area contributed by atoms with E-state index in [1.807, 2.05) is 6.07 Å². The maximum Gasteiger partial charge on any atom is 0.334 e. The van der Waals surface area contributed by atoms with Gasteiger partial charge < -0.3 is 20.3 Å². The first-order chi connectivity index (χ1) is 13.6. The van der Waals surface area contributed by atoms with Gasteiger partial charge in [-0.2, -0.15) is 0 Å². The lowest BCUT2D eigenvalue weighted by Crippen LogP contribution is -2.47. The van der Waals surface area contributed by atoms with Crippen molar-refractivity contribution in [3.05, 3.63) is 35.9 Å². The molecular weight excluding hydrogens is 374 g/mol. The highest BCUT2D eigenvalue weighted by molar-refractivity contribution is 5.93. The van der Waals surface area contributed by atoms with Crippen molar-refractivity contribution in [2.45, 2.75) is 58.2 Å². The van der Waals surface area contributed by atoms with Gasteiger partial charge in [-0.05, 0) is 32.8 Å². The molecule has 0 unspecified atom stereocenters. The van der Waals surface area contributed by atoms with Crippen molar-refractivity contribution in [3.8, 4) is 0 Å². The van der Waals surface area contributed by atoms with E-state index in [-0.39, 0.29) is 24.8 Å². The smallest absolute Gasteiger partial charge is 0.334 e. The fourth-order valence-electron chi connectivity index (χ4n) is 3.08. The highest BCUT2D eigenvalue weighted by Crippen LogP contribution is 2.29. The number of likely N-dealkylation sites (tertiary alicyclic amines) is 1. The summed E-state index contributed by atoms with van der Waals surface area (Å²) < 4.78 is 5.54. The van der Waals surface area contributed by atoms with Crippen LogP contribution in [0.2, 0.25) is 0 Å². The number of nitrogens with zero attached hydrogens (tertiary/aromatic N) is 1. The molecule has 1 heterocycles. The van der Waals surface area contributed by atoms with Gasteiger partial charge in [-0.1, -0.05) is 37.3 Å². The zero-order chi connectivity index (χ0) is 21.6. The van der Waals surface area contributed by atoms with Gasteiger partial charge in [0.1, 0.15) is 11.6 Å². The van der Waals surface area contributed by atoms with Crippen LogP contribution in [0.5, 0.6) is 0 Å². The lowest BCUT2D eigenvalue weighted by Gasteiger charge is -2.30. The van der Waals surface area contributed by atoms with Gasteiger partial charge in [-0.15, -0.1) is 0 Å². The molecule has 158 valence electrons. The summed E-state index contributed by atoms with van der Waals surface area (Å²) in [5, 5.41) is 5.11. The Morgan fingerprint density at radius 3 is 2.41 bits per heavy atom. The Bertz CT molecular complexity index is 757. The van der Waals surface area contributed by atoms with E-state index < -0.39 is 29.6 Å². The van der Waals surface area contributed by atoms with Crippen molar-refractivity contribution >= 4 is 23.7 Å². The minimum absolute atomic E-state index is 0.190. The van der Waals surface area contributed by atoms with Gasteiger partial charge in [0.15, 0.2) is 6.04 Å². The molecule has 2 rings (SSSR count). The largest absolute Gasteiger partial charge is 0.458 e. The number of hydrogen-bond donors (Lipinski definition) is 2. The van der Waals surface area contributed by atoms with E-state index in [9.17, 15) is 19.2 Å². The third kappa shape index (κ3) is 6.30. The highest BCUT2D eigenvalue weighted by atomic mass is 16.6. The third-order valence-corrected chi connectivity index (χ3v) is 4.40. The molecular formula is C21H29N3O5. The van der Waals surface area contributed by atoms with Gasteiger partial charge in [0.05, 0.1) is 6.54 Å². The fraction of sp³-hybridized carbons (Fsp3) is 0.524. The second kappa shape index (κ2) is 9.54. The van der Waals surface area contributed by atoms with Crippen molar-refractivity contribution in [1.29, 1.82) is 0 Å². The van der Waals surface area contributed by atoms with Gasteiger partial charge in [0.25, 0.3) is 0 Å². The monoisotopic (exact) mass is 403 g/mol. The fourth-order valence-corrected chi connectivity index (χ4v) is 3.08. The lowest BCUT2D eigenvalue weighted by molar-refractivity contribution is -0.164. The zero-order valence-electron chi connectivity index (χ0n) is 17.4. The molecule has 1 aliphatic heterocycles. The summed E-state index contributed by atoms with van der Waals surface area (Å²) in [6, 6.07) is 7.34. The Morgan fingerprint density at radius 2 is 1.83 bits per heavy atom. The number of rotatable bonds is 7. The van der Waals surface area contributed by atoms with E-state index >= 15 is 0 Å². The van der Waals surface area contributed by atoms with E-state index in [2.05, 4.69) is 10.6 Å². The van der Waals surface area contributed by atoms with Crippen LogP contribution in [0.1, 0.15) is 52.1 Å². The van der Waals surface area contributed by atoms with Crippen LogP contribution in [-0.2, 0) is 23.9 Å². The van der Waals surface area contributed by atoms with Crippen LogP contribution < -0.4 is 10.6 Å². The molecule has 1 fully saturated rings. The standard InChI is InChI=1S/C21H29N3O5/c1-5-16(25)22-13-17(26)23-15-11-12-24(19(15)27)18(14-9-7-6-8-10-14)20(28)29-21(2,3)4/h6-10,15,18H,5,11-13H2,1-4H3,(H,22,25)(H,23,26)/t15-,18-/m0/s1. The zero-order valence-corrected chi connectivity index (χ0v) is 17.4. The lowest BCUT2D eigenvalue weighted by atomic mass is 10.0. The van der Waals surface area contributed by atoms with Gasteiger partial charge in [0.2, 0.25) is 17.7 Å². The van der Waals surface area contributed by atoms with E-state index in [1.54, 1.807) is 52.0 Å². The number of esters is 1. The van der Waals surface area contributed by atoms with E-state index in [0.717, 1.165) is 0 Å². The van der Waals surface area contributed by atoms with Gasteiger partial charge in [0, 0.05) is 13.0 Å². The number of benzene rings is 1. The number of carbonyl (C=O) groups excluding carboxylic acids is 4. The molecule has 1 aromatic carbocycles. The Morgan fingerprint density at radius 1 is 1.17 bits per heavy atom. The molecule has 0 saturated carbocycles. The Labute approximate surface area is 171 Å². The first kappa shape index (κ1) is 22.4. The second-order valence-corrected chi connectivity index (χ2v) is 7.92. The predicted molar refractivity (Wildman–Crippen MR) is 107 cm³/mol. The molecule has 2 N–H and O–H groups in total. The molecule has 2 atom stereocenters. The molecule has 0 aliphatic carbocycles. The molecule has 3 amide bonds. The topological polar surface area (TPSA) is 105 Å². The molecule has 1 aliphatic rings. The Balaban J connectivity index is 2.12. The maximum atomic E-state index is 12.9. The molecule has 1 aromatic rings. The van der Waals surface area contributed by atoms with E-state index in [1.165, 1.54) is 4.90 Å². The molecule has 0 spiro atoms. The van der Waals surface area contributed by atoms with Crippen LogP contribution in [0.25, 0.3) is 0 Å². The van der Waals surface area contributed by atoms with Crippen LogP contribution in [0, 0.1) is 0 Å². The van der Waals surface area contributed by atoms with Crippen molar-refractivity contribution in [1.82, 2.24) is 15.5 Å². The number of amides is 3. The Kier molecular flexibility index (Phi) is 7.36. The Hall–Kier alpha value is -2.90. The first-order valence-electron chi connectivity index (χ1n) is 9.76. The third-order valence-electron chi connectivity index (χ3n) is 4.40. The molecule has 8 heteroatoms. The van der Waals surface area contributed by atoms with E-state index in [4.69, 9.17) is 4.74 Å². The quantitative estimate of drug-likeness (QED) is 0.668. The summed E-state index contributed by atoms with van der Waals surface area (Å²) in [7, 11) is 0. The maximum absolute atomic E-state index is 12.9. The average Bonchev–Trinajstić information content (AvgIpc) is 3.00. The van der Waals surface area contributed by atoms with Gasteiger partial charge in [-0.25, -0.2) is 4.79 Å². The normalized spacial score (nSPS) is 17.6. The van der Waals surface area contributed by atoms with Crippen LogP contribution in [0.3, 0.4) is 0 Å². The SMILES string of the molecule is CCC(=O)NCC(=O)N[C@H]1CCN([C@H](C(=O)OC(C)(C)C)c2ccccc2)C1=O. The first-order valence-corrected chi connectivity index (χ1v) is 9.76. The number of carbonyl (C=O) groups is 4. The van der Waals surface area contributed by atoms with Crippen LogP contribution >= 0.6 is 0 Å². The summed E-state index contributed by atoms with van der Waals surface area (Å²) >= 11 is 0. The second-order valence-electron chi connectivity index (χ2n) is 7.92. The molecule has 8 nitrogen and oxygen atoms in total. The molecule has 0 aromatic heterocycles. The van der Waals surface area contributed by atoms with Crippen LogP contribution in [-0.4, -0.2) is 53.3 Å². The summed E-state index contributed by atoms with van der Waals surface area (Å²) in [4.78, 5) is 50.6. The molecule has 0 bridgehead atoms. The molecule has 1 saturated heterocycles. The van der Waals surface area contributed by atoms with Crippen LogP contribution in [0.4, 0.5) is 0 Å². The minimum atomic E-state index is -0.885. The van der Waals surface area contributed by atoms with Crippen molar-refractivity contribution < 1.29 is 23.9 Å². The number of nitrogens with one attached hydrogen (secondary N) is 2. The van der Waals surface area contributed by atoms with Crippen molar-refractivity contribution in [2.24, 2.45) is 0 Å². The molecule has 29 heavy (non-hydrogen) atoms. The summed E-state index contributed by atoms with van der Waals surface area (Å²) in [5.74, 6) is -1.55. The van der Waals surface area contributed by atoms with Gasteiger partial charge >= 0.3 is 5.97 Å². The van der Waals surface area contributed by atoms with Crippen molar-refractivity contribution in [2.75, 3.05) is 13.1 Å². The number of hydrogen-bond acceptors (Lipinski definition) is 5. The minimum Gasteiger partial charge on any atom is -0.458 e. The predicted octanol–water partition coefficient (Wildman–Crippen LogP) is 1.31.